The number of rotatable bonds is 7. The summed E-state index contributed by atoms with van der Waals surface area (Å²) in [6.45, 7) is 2.67. The lowest BCUT2D eigenvalue weighted by Crippen LogP contribution is -2.15. The Bertz CT molecular complexity index is 385. The van der Waals surface area contributed by atoms with Crippen molar-refractivity contribution in [3.8, 4) is 11.5 Å². The Hall–Kier alpha value is -0.450. The van der Waals surface area contributed by atoms with Crippen LogP contribution in [-0.2, 0) is 10.6 Å². The van der Waals surface area contributed by atoms with Gasteiger partial charge in [-0.15, -0.1) is 11.6 Å². The molecule has 0 amide bonds. The van der Waals surface area contributed by atoms with Crippen molar-refractivity contribution in [1.29, 1.82) is 0 Å². The first kappa shape index (κ1) is 15.6. The molecule has 3 nitrogen and oxygen atoms in total. The second-order valence-electron chi connectivity index (χ2n) is 3.95. The lowest BCUT2D eigenvalue weighted by Gasteiger charge is -2.18. The average molecular weight is 338 g/mol. The summed E-state index contributed by atoms with van der Waals surface area (Å²) >= 11 is 9.30. The number of methoxy groups -OCH3 is 2. The van der Waals surface area contributed by atoms with Crippen molar-refractivity contribution in [1.82, 2.24) is 0 Å². The van der Waals surface area contributed by atoms with Crippen molar-refractivity contribution < 1.29 is 14.2 Å². The second-order valence-corrected chi connectivity index (χ2v) is 5.07. The van der Waals surface area contributed by atoms with E-state index in [-0.39, 0.29) is 6.10 Å². The van der Waals surface area contributed by atoms with Crippen LogP contribution in [0.5, 0.6) is 11.5 Å². The SMILES string of the molecule is COCCC(C)Oc1c(Br)cc(CCl)cc1OC. The summed E-state index contributed by atoms with van der Waals surface area (Å²) in [5, 5.41) is 0. The molecule has 0 heterocycles. The minimum absolute atomic E-state index is 0.0528. The first-order valence-electron chi connectivity index (χ1n) is 5.70. The van der Waals surface area contributed by atoms with Crippen LogP contribution >= 0.6 is 27.5 Å². The highest BCUT2D eigenvalue weighted by Crippen LogP contribution is 2.37. The minimum Gasteiger partial charge on any atom is -0.493 e. The van der Waals surface area contributed by atoms with Gasteiger partial charge in [0, 0.05) is 26.0 Å². The molecule has 0 bridgehead atoms. The highest BCUT2D eigenvalue weighted by Gasteiger charge is 2.14. The number of alkyl halides is 1. The van der Waals surface area contributed by atoms with Crippen LogP contribution in [0.3, 0.4) is 0 Å². The van der Waals surface area contributed by atoms with Crippen LogP contribution in [0, 0.1) is 0 Å². The summed E-state index contributed by atoms with van der Waals surface area (Å²) in [4.78, 5) is 0. The molecule has 0 aliphatic rings. The minimum atomic E-state index is 0.0528. The third kappa shape index (κ3) is 4.34. The van der Waals surface area contributed by atoms with Gasteiger partial charge in [0.05, 0.1) is 17.7 Å². The van der Waals surface area contributed by atoms with E-state index in [9.17, 15) is 0 Å². The van der Waals surface area contributed by atoms with Gasteiger partial charge in [0.15, 0.2) is 11.5 Å². The van der Waals surface area contributed by atoms with Crippen LogP contribution in [0.15, 0.2) is 16.6 Å². The van der Waals surface area contributed by atoms with Crippen molar-refractivity contribution in [2.24, 2.45) is 0 Å². The number of halogens is 2. The molecule has 18 heavy (non-hydrogen) atoms. The molecule has 1 atom stereocenters. The van der Waals surface area contributed by atoms with Gasteiger partial charge in [-0.05, 0) is 40.5 Å². The molecule has 1 unspecified atom stereocenters. The molecule has 0 fully saturated rings. The maximum absolute atomic E-state index is 5.87. The van der Waals surface area contributed by atoms with Gasteiger partial charge < -0.3 is 14.2 Å². The molecular weight excluding hydrogens is 319 g/mol. The number of hydrogen-bond donors (Lipinski definition) is 0. The Morgan fingerprint density at radius 1 is 1.33 bits per heavy atom. The van der Waals surface area contributed by atoms with Crippen LogP contribution in [-0.4, -0.2) is 26.9 Å². The topological polar surface area (TPSA) is 27.7 Å². The highest BCUT2D eigenvalue weighted by molar-refractivity contribution is 9.10. The summed E-state index contributed by atoms with van der Waals surface area (Å²) in [7, 11) is 3.30. The van der Waals surface area contributed by atoms with E-state index in [0.717, 1.165) is 16.5 Å². The van der Waals surface area contributed by atoms with Gasteiger partial charge in [-0.3, -0.25) is 0 Å². The van der Waals surface area contributed by atoms with Gasteiger partial charge in [0.2, 0.25) is 0 Å². The van der Waals surface area contributed by atoms with E-state index in [1.165, 1.54) is 0 Å². The molecule has 0 aliphatic heterocycles. The summed E-state index contributed by atoms with van der Waals surface area (Å²) in [5.74, 6) is 1.83. The zero-order valence-electron chi connectivity index (χ0n) is 10.8. The van der Waals surface area contributed by atoms with Gasteiger partial charge in [-0.1, -0.05) is 0 Å². The first-order chi connectivity index (χ1) is 8.62. The summed E-state index contributed by atoms with van der Waals surface area (Å²) in [6.07, 6.45) is 0.876. The molecule has 0 spiro atoms. The zero-order valence-corrected chi connectivity index (χ0v) is 13.2. The smallest absolute Gasteiger partial charge is 0.175 e. The van der Waals surface area contributed by atoms with Gasteiger partial charge in [-0.2, -0.15) is 0 Å². The monoisotopic (exact) mass is 336 g/mol. The first-order valence-corrected chi connectivity index (χ1v) is 7.03. The predicted octanol–water partition coefficient (Wildman–Crippen LogP) is 4.00. The molecule has 0 saturated heterocycles. The zero-order chi connectivity index (χ0) is 13.5. The Morgan fingerprint density at radius 3 is 2.61 bits per heavy atom. The maximum atomic E-state index is 5.87. The van der Waals surface area contributed by atoms with Crippen LogP contribution in [0.25, 0.3) is 0 Å². The molecule has 1 rings (SSSR count). The van der Waals surface area contributed by atoms with Crippen LogP contribution in [0.4, 0.5) is 0 Å². The lowest BCUT2D eigenvalue weighted by atomic mass is 10.2. The Kier molecular flexibility index (Phi) is 6.82. The van der Waals surface area contributed by atoms with Crippen LogP contribution < -0.4 is 9.47 Å². The Morgan fingerprint density at radius 2 is 2.06 bits per heavy atom. The highest BCUT2D eigenvalue weighted by atomic mass is 79.9. The number of hydrogen-bond acceptors (Lipinski definition) is 3. The molecule has 0 N–H and O–H groups in total. The van der Waals surface area contributed by atoms with Gasteiger partial charge >= 0.3 is 0 Å². The molecule has 0 aromatic heterocycles. The molecular formula is C13H18BrClO3. The van der Waals surface area contributed by atoms with Crippen molar-refractivity contribution in [2.75, 3.05) is 20.8 Å². The van der Waals surface area contributed by atoms with E-state index in [2.05, 4.69) is 15.9 Å². The van der Waals surface area contributed by atoms with E-state index in [4.69, 9.17) is 25.8 Å². The lowest BCUT2D eigenvalue weighted by molar-refractivity contribution is 0.132. The third-order valence-corrected chi connectivity index (χ3v) is 3.39. The van der Waals surface area contributed by atoms with E-state index in [0.29, 0.717) is 24.0 Å². The quantitative estimate of drug-likeness (QED) is 0.704. The van der Waals surface area contributed by atoms with E-state index >= 15 is 0 Å². The van der Waals surface area contributed by atoms with Crippen molar-refractivity contribution in [2.45, 2.75) is 25.3 Å². The Labute approximate surface area is 121 Å². The summed E-state index contributed by atoms with van der Waals surface area (Å²) in [6, 6.07) is 3.82. The second kappa shape index (κ2) is 7.87. The number of benzene rings is 1. The van der Waals surface area contributed by atoms with E-state index < -0.39 is 0 Å². The fourth-order valence-electron chi connectivity index (χ4n) is 1.51. The summed E-state index contributed by atoms with van der Waals surface area (Å²) < 4.78 is 17.1. The maximum Gasteiger partial charge on any atom is 0.175 e. The van der Waals surface area contributed by atoms with Crippen molar-refractivity contribution in [3.05, 3.63) is 22.2 Å². The van der Waals surface area contributed by atoms with E-state index in [1.807, 2.05) is 19.1 Å². The normalized spacial score (nSPS) is 12.3. The fourth-order valence-corrected chi connectivity index (χ4v) is 2.25. The molecule has 1 aromatic rings. The molecule has 1 aromatic carbocycles. The molecule has 0 aliphatic carbocycles. The molecule has 5 heteroatoms. The van der Waals surface area contributed by atoms with Gasteiger partial charge in [0.1, 0.15) is 0 Å². The largest absolute Gasteiger partial charge is 0.493 e. The van der Waals surface area contributed by atoms with Crippen LogP contribution in [0.1, 0.15) is 18.9 Å². The van der Waals surface area contributed by atoms with Crippen LogP contribution in [0.2, 0.25) is 0 Å². The van der Waals surface area contributed by atoms with Gasteiger partial charge in [-0.25, -0.2) is 0 Å². The third-order valence-electron chi connectivity index (χ3n) is 2.49. The molecule has 0 radical (unpaired) electrons. The predicted molar refractivity (Wildman–Crippen MR) is 76.8 cm³/mol. The average Bonchev–Trinajstić information content (AvgIpc) is 2.38. The molecule has 102 valence electrons. The Balaban J connectivity index is 2.86. The standard InChI is InChI=1S/C13H18BrClO3/c1-9(4-5-16-2)18-13-11(14)6-10(8-15)7-12(13)17-3/h6-7,9H,4-5,8H2,1-3H3. The van der Waals surface area contributed by atoms with Crippen molar-refractivity contribution >= 4 is 27.5 Å². The van der Waals surface area contributed by atoms with E-state index in [1.54, 1.807) is 14.2 Å². The molecule has 0 saturated carbocycles. The summed E-state index contributed by atoms with van der Waals surface area (Å²) in [5.41, 5.74) is 0.984. The van der Waals surface area contributed by atoms with Crippen molar-refractivity contribution in [3.63, 3.8) is 0 Å². The number of ether oxygens (including phenoxy) is 3. The van der Waals surface area contributed by atoms with Gasteiger partial charge in [0.25, 0.3) is 0 Å². The fraction of sp³-hybridized carbons (Fsp3) is 0.538.